The Morgan fingerprint density at radius 1 is 1.08 bits per heavy atom. The van der Waals surface area contributed by atoms with E-state index in [0.717, 1.165) is 6.42 Å². The van der Waals surface area contributed by atoms with E-state index < -0.39 is 11.5 Å². The van der Waals surface area contributed by atoms with Crippen LogP contribution in [-0.2, 0) is 4.79 Å². The summed E-state index contributed by atoms with van der Waals surface area (Å²) < 4.78 is 0. The molecule has 1 aromatic carbocycles. The summed E-state index contributed by atoms with van der Waals surface area (Å²) in [6, 6.07) is 6.50. The van der Waals surface area contributed by atoms with Gasteiger partial charge >= 0.3 is 5.97 Å². The molecule has 0 heterocycles. The minimum absolute atomic E-state index is 0.0583. The van der Waals surface area contributed by atoms with Crippen LogP contribution in [0.1, 0.15) is 60.2 Å². The van der Waals surface area contributed by atoms with Gasteiger partial charge in [-0.1, -0.05) is 0 Å². The molecule has 2 amide bonds. The topological polar surface area (TPSA) is 86.7 Å². The van der Waals surface area contributed by atoms with Gasteiger partial charge < -0.3 is 15.3 Å². The number of nitrogens with zero attached hydrogens (tertiary/aromatic N) is 1. The third-order valence-corrected chi connectivity index (χ3v) is 4.62. The van der Waals surface area contributed by atoms with Crippen molar-refractivity contribution in [2.24, 2.45) is 0 Å². The predicted octanol–water partition coefficient (Wildman–Crippen LogP) is 2.30. The number of hydrogen-bond donors (Lipinski definition) is 2. The molecule has 0 saturated heterocycles. The molecular formula is C18H24N2O4. The minimum Gasteiger partial charge on any atom is -0.481 e. The first-order valence-corrected chi connectivity index (χ1v) is 8.34. The Labute approximate surface area is 141 Å². The summed E-state index contributed by atoms with van der Waals surface area (Å²) in [5, 5.41) is 11.9. The Morgan fingerprint density at radius 3 is 2.04 bits per heavy atom. The summed E-state index contributed by atoms with van der Waals surface area (Å²) in [6.45, 7) is 5.11. The Hall–Kier alpha value is -2.37. The molecule has 0 aliphatic heterocycles. The van der Waals surface area contributed by atoms with Gasteiger partial charge in [-0.3, -0.25) is 14.4 Å². The van der Waals surface area contributed by atoms with Gasteiger partial charge in [0.25, 0.3) is 11.8 Å². The van der Waals surface area contributed by atoms with Crippen LogP contribution in [0.5, 0.6) is 0 Å². The molecule has 0 radical (unpaired) electrons. The van der Waals surface area contributed by atoms with Crippen LogP contribution in [0.4, 0.5) is 0 Å². The smallest absolute Gasteiger partial charge is 0.305 e. The van der Waals surface area contributed by atoms with Gasteiger partial charge in [0, 0.05) is 24.2 Å². The highest BCUT2D eigenvalue weighted by Gasteiger charge is 2.40. The van der Waals surface area contributed by atoms with Crippen LogP contribution in [0.25, 0.3) is 0 Å². The fourth-order valence-electron chi connectivity index (χ4n) is 3.01. The van der Waals surface area contributed by atoms with E-state index in [1.54, 1.807) is 29.2 Å². The molecule has 130 valence electrons. The van der Waals surface area contributed by atoms with Crippen LogP contribution >= 0.6 is 0 Å². The van der Waals surface area contributed by atoms with E-state index in [0.29, 0.717) is 37.1 Å². The summed E-state index contributed by atoms with van der Waals surface area (Å²) >= 11 is 0. The normalized spacial score (nSPS) is 15.2. The maximum absolute atomic E-state index is 12.4. The lowest BCUT2D eigenvalue weighted by Gasteiger charge is -2.41. The average molecular weight is 332 g/mol. The van der Waals surface area contributed by atoms with Gasteiger partial charge in [0.1, 0.15) is 0 Å². The van der Waals surface area contributed by atoms with Crippen molar-refractivity contribution < 1.29 is 19.5 Å². The van der Waals surface area contributed by atoms with Crippen molar-refractivity contribution in [1.82, 2.24) is 10.2 Å². The molecule has 2 rings (SSSR count). The molecular weight excluding hydrogens is 308 g/mol. The second kappa shape index (κ2) is 7.47. The predicted molar refractivity (Wildman–Crippen MR) is 90.0 cm³/mol. The van der Waals surface area contributed by atoms with E-state index in [2.05, 4.69) is 5.32 Å². The lowest BCUT2D eigenvalue weighted by Crippen LogP contribution is -2.54. The molecule has 6 nitrogen and oxygen atoms in total. The van der Waals surface area contributed by atoms with E-state index in [1.165, 1.54) is 0 Å². The minimum atomic E-state index is -0.907. The zero-order chi connectivity index (χ0) is 17.7. The van der Waals surface area contributed by atoms with Crippen molar-refractivity contribution in [3.63, 3.8) is 0 Å². The Bertz CT molecular complexity index is 616. The van der Waals surface area contributed by atoms with Crippen LogP contribution in [0, 0.1) is 0 Å². The molecule has 1 saturated carbocycles. The SMILES string of the molecule is CCN(CC)C(=O)c1ccc(C(=O)NC2(CC(=O)O)CCC2)cc1. The van der Waals surface area contributed by atoms with Crippen molar-refractivity contribution in [1.29, 1.82) is 0 Å². The monoisotopic (exact) mass is 332 g/mol. The second-order valence-corrected chi connectivity index (χ2v) is 6.21. The zero-order valence-electron chi connectivity index (χ0n) is 14.2. The second-order valence-electron chi connectivity index (χ2n) is 6.21. The van der Waals surface area contributed by atoms with Gasteiger partial charge in [-0.15, -0.1) is 0 Å². The molecule has 0 aromatic heterocycles. The molecule has 1 fully saturated rings. The van der Waals surface area contributed by atoms with E-state index in [9.17, 15) is 14.4 Å². The molecule has 0 bridgehead atoms. The highest BCUT2D eigenvalue weighted by Crippen LogP contribution is 2.35. The van der Waals surface area contributed by atoms with Crippen LogP contribution < -0.4 is 5.32 Å². The van der Waals surface area contributed by atoms with Crippen molar-refractivity contribution >= 4 is 17.8 Å². The van der Waals surface area contributed by atoms with Crippen LogP contribution in [0.3, 0.4) is 0 Å². The largest absolute Gasteiger partial charge is 0.481 e. The molecule has 6 heteroatoms. The number of carbonyl (C=O) groups excluding carboxylic acids is 2. The lowest BCUT2D eigenvalue weighted by atomic mass is 9.74. The molecule has 0 atom stereocenters. The Kier molecular flexibility index (Phi) is 5.59. The fraction of sp³-hybridized carbons (Fsp3) is 0.500. The number of benzene rings is 1. The quantitative estimate of drug-likeness (QED) is 0.802. The number of nitrogens with one attached hydrogen (secondary N) is 1. The van der Waals surface area contributed by atoms with Gasteiger partial charge in [0.2, 0.25) is 0 Å². The van der Waals surface area contributed by atoms with Crippen molar-refractivity contribution in [2.45, 2.75) is 45.1 Å². The first kappa shape index (κ1) is 18.0. The molecule has 0 unspecified atom stereocenters. The zero-order valence-corrected chi connectivity index (χ0v) is 14.2. The van der Waals surface area contributed by atoms with Gasteiger partial charge in [-0.2, -0.15) is 0 Å². The molecule has 1 aliphatic rings. The number of aliphatic carboxylic acids is 1. The van der Waals surface area contributed by atoms with Crippen LogP contribution in [-0.4, -0.2) is 46.4 Å². The number of carbonyl (C=O) groups is 3. The first-order chi connectivity index (χ1) is 11.4. The van der Waals surface area contributed by atoms with E-state index in [1.807, 2.05) is 13.8 Å². The van der Waals surface area contributed by atoms with Gasteiger partial charge in [0.05, 0.1) is 12.0 Å². The molecule has 1 aliphatic carbocycles. The number of amides is 2. The molecule has 1 aromatic rings. The Balaban J connectivity index is 2.06. The average Bonchev–Trinajstić information content (AvgIpc) is 2.53. The number of carboxylic acids is 1. The summed E-state index contributed by atoms with van der Waals surface area (Å²) in [5.41, 5.74) is 0.348. The van der Waals surface area contributed by atoms with Gasteiger partial charge in [-0.25, -0.2) is 0 Å². The van der Waals surface area contributed by atoms with E-state index in [4.69, 9.17) is 5.11 Å². The number of rotatable bonds is 7. The molecule has 2 N–H and O–H groups in total. The number of hydrogen-bond acceptors (Lipinski definition) is 3. The third-order valence-electron chi connectivity index (χ3n) is 4.62. The maximum Gasteiger partial charge on any atom is 0.305 e. The van der Waals surface area contributed by atoms with Crippen LogP contribution in [0.15, 0.2) is 24.3 Å². The Morgan fingerprint density at radius 2 is 1.62 bits per heavy atom. The number of carboxylic acid groups (broad SMARTS) is 1. The van der Waals surface area contributed by atoms with Crippen molar-refractivity contribution in [3.8, 4) is 0 Å². The van der Waals surface area contributed by atoms with E-state index >= 15 is 0 Å². The van der Waals surface area contributed by atoms with Crippen LogP contribution in [0.2, 0.25) is 0 Å². The fourth-order valence-corrected chi connectivity index (χ4v) is 3.01. The third kappa shape index (κ3) is 3.93. The molecule has 24 heavy (non-hydrogen) atoms. The van der Waals surface area contributed by atoms with E-state index in [-0.39, 0.29) is 18.2 Å². The van der Waals surface area contributed by atoms with Crippen molar-refractivity contribution in [3.05, 3.63) is 35.4 Å². The lowest BCUT2D eigenvalue weighted by molar-refractivity contribution is -0.139. The summed E-state index contributed by atoms with van der Waals surface area (Å²) in [4.78, 5) is 37.3. The van der Waals surface area contributed by atoms with Crippen molar-refractivity contribution in [2.75, 3.05) is 13.1 Å². The summed E-state index contributed by atoms with van der Waals surface area (Å²) in [5.74, 6) is -1.26. The maximum atomic E-state index is 12.4. The molecule has 0 spiro atoms. The standard InChI is InChI=1S/C18H24N2O4/c1-3-20(4-2)17(24)14-8-6-13(7-9-14)16(23)19-18(10-5-11-18)12-15(21)22/h6-9H,3-5,10-12H2,1-2H3,(H,19,23)(H,21,22). The highest BCUT2D eigenvalue weighted by molar-refractivity contribution is 5.98. The highest BCUT2D eigenvalue weighted by atomic mass is 16.4. The van der Waals surface area contributed by atoms with Gasteiger partial charge in [-0.05, 0) is 57.4 Å². The first-order valence-electron chi connectivity index (χ1n) is 8.34. The summed E-state index contributed by atoms with van der Waals surface area (Å²) in [6.07, 6.45) is 2.23. The van der Waals surface area contributed by atoms with Gasteiger partial charge in [0.15, 0.2) is 0 Å². The summed E-state index contributed by atoms with van der Waals surface area (Å²) in [7, 11) is 0.